The van der Waals surface area contributed by atoms with E-state index in [1.807, 2.05) is 25.1 Å². The fraction of sp³-hybridized carbons (Fsp3) is 0.455. The highest BCUT2D eigenvalue weighted by atomic mass is 79.9. The summed E-state index contributed by atoms with van der Waals surface area (Å²) in [5, 5.41) is 6.96. The van der Waals surface area contributed by atoms with E-state index in [0.29, 0.717) is 56.1 Å². The van der Waals surface area contributed by atoms with E-state index in [4.69, 9.17) is 4.74 Å². The van der Waals surface area contributed by atoms with E-state index >= 15 is 4.39 Å². The molecule has 0 unspecified atom stereocenters. The van der Waals surface area contributed by atoms with E-state index in [-0.39, 0.29) is 17.5 Å². The molecular formula is C33H42BrFN9O2P. The number of anilines is 5. The van der Waals surface area contributed by atoms with Crippen molar-refractivity contribution >= 4 is 68.2 Å². The Kier molecular flexibility index (Phi) is 9.98. The smallest absolute Gasteiger partial charge is 0.229 e. The van der Waals surface area contributed by atoms with Gasteiger partial charge in [0.2, 0.25) is 5.95 Å². The zero-order valence-electron chi connectivity index (χ0n) is 27.6. The standard InChI is InChI=1S/C33H42BrFN9O2P/c1-6-22-26(44-13-9-21(10-14-44)43-17-15-42(2)16-18-43)19-27(46-3)30(28(22)35)40-33-38-20-23(34)32(41-33)39-25-8-7-24-29(37-12-11-36-24)31(25)47(4,5)45/h7-8,11-12,19-21H,6,9-10,13-18H2,1-5H3,(H2,38,39,40,41). The van der Waals surface area contributed by atoms with Gasteiger partial charge in [-0.05, 0) is 67.7 Å². The summed E-state index contributed by atoms with van der Waals surface area (Å²) in [6, 6.07) is 6.13. The van der Waals surface area contributed by atoms with E-state index in [1.54, 1.807) is 39.0 Å². The first-order valence-corrected chi connectivity index (χ1v) is 19.4. The van der Waals surface area contributed by atoms with Gasteiger partial charge in [-0.25, -0.2) is 9.37 Å². The Hall–Kier alpha value is -3.38. The van der Waals surface area contributed by atoms with Gasteiger partial charge in [-0.15, -0.1) is 0 Å². The third kappa shape index (κ3) is 7.09. The number of methoxy groups -OCH3 is 1. The van der Waals surface area contributed by atoms with E-state index in [2.05, 4.69) is 68.2 Å². The molecule has 2 N–H and O–H groups in total. The molecule has 2 fully saturated rings. The van der Waals surface area contributed by atoms with Crippen LogP contribution in [0.2, 0.25) is 0 Å². The minimum absolute atomic E-state index is 0.175. The molecule has 47 heavy (non-hydrogen) atoms. The van der Waals surface area contributed by atoms with Crippen molar-refractivity contribution < 1.29 is 13.7 Å². The minimum atomic E-state index is -2.79. The number of aromatic nitrogens is 4. The number of ether oxygens (including phenoxy) is 1. The molecule has 250 valence electrons. The molecule has 0 saturated carbocycles. The Morgan fingerprint density at radius 2 is 1.77 bits per heavy atom. The van der Waals surface area contributed by atoms with Crippen molar-refractivity contribution in [3.63, 3.8) is 0 Å². The van der Waals surface area contributed by atoms with Crippen LogP contribution in [0.15, 0.2) is 41.3 Å². The zero-order chi connectivity index (χ0) is 33.3. The average molecular weight is 727 g/mol. The van der Waals surface area contributed by atoms with E-state index in [0.717, 1.165) is 57.8 Å². The first-order valence-electron chi connectivity index (χ1n) is 16.0. The number of nitrogens with zero attached hydrogens (tertiary/aromatic N) is 7. The molecule has 0 bridgehead atoms. The lowest BCUT2D eigenvalue weighted by atomic mass is 9.99. The zero-order valence-corrected chi connectivity index (χ0v) is 30.0. The first kappa shape index (κ1) is 33.5. The lowest BCUT2D eigenvalue weighted by Gasteiger charge is -2.43. The van der Waals surface area contributed by atoms with Gasteiger partial charge >= 0.3 is 0 Å². The highest BCUT2D eigenvalue weighted by Crippen LogP contribution is 2.42. The van der Waals surface area contributed by atoms with Gasteiger partial charge < -0.3 is 29.7 Å². The number of rotatable bonds is 9. The SMILES string of the molecule is CCc1c(N2CCC(N3CCN(C)CC3)CC2)cc(OC)c(Nc2ncc(Br)c(Nc3ccc4nccnc4c3P(C)(C)=O)n2)c1F. The number of hydrogen-bond donors (Lipinski definition) is 2. The number of likely N-dealkylation sites (N-methyl/N-ethyl adjacent to an activating group) is 1. The molecule has 4 aromatic rings. The van der Waals surface area contributed by atoms with Crippen molar-refractivity contribution in [1.29, 1.82) is 0 Å². The molecule has 2 aromatic carbocycles. The number of piperidine rings is 1. The largest absolute Gasteiger partial charge is 0.494 e. The second-order valence-electron chi connectivity index (χ2n) is 12.6. The van der Waals surface area contributed by atoms with Gasteiger partial charge in [-0.3, -0.25) is 14.9 Å². The fourth-order valence-corrected chi connectivity index (χ4v) is 8.32. The Labute approximate surface area is 283 Å². The fourth-order valence-electron chi connectivity index (χ4n) is 6.63. The van der Waals surface area contributed by atoms with Crippen LogP contribution in [0.25, 0.3) is 11.0 Å². The van der Waals surface area contributed by atoms with Crippen molar-refractivity contribution in [3.05, 3.63) is 52.6 Å². The third-order valence-electron chi connectivity index (χ3n) is 9.13. The summed E-state index contributed by atoms with van der Waals surface area (Å²) in [4.78, 5) is 25.2. The average Bonchev–Trinajstić information content (AvgIpc) is 3.06. The van der Waals surface area contributed by atoms with Crippen LogP contribution in [0, 0.1) is 5.82 Å². The minimum Gasteiger partial charge on any atom is -0.494 e. The van der Waals surface area contributed by atoms with Gasteiger partial charge in [-0.1, -0.05) is 6.92 Å². The van der Waals surface area contributed by atoms with Gasteiger partial charge in [0.05, 0.1) is 28.1 Å². The lowest BCUT2D eigenvalue weighted by Crippen LogP contribution is -2.52. The van der Waals surface area contributed by atoms with E-state index in [1.165, 1.54) is 0 Å². The van der Waals surface area contributed by atoms with Crippen LogP contribution < -0.4 is 25.6 Å². The Morgan fingerprint density at radius 3 is 2.45 bits per heavy atom. The maximum absolute atomic E-state index is 16.4. The molecule has 2 saturated heterocycles. The number of piperazine rings is 1. The van der Waals surface area contributed by atoms with Crippen LogP contribution in [0.4, 0.5) is 33.2 Å². The Balaban J connectivity index is 1.26. The third-order valence-corrected chi connectivity index (χ3v) is 11.2. The summed E-state index contributed by atoms with van der Waals surface area (Å²) in [7, 11) is 0.935. The molecular weight excluding hydrogens is 684 g/mol. The topological polar surface area (TPSA) is 112 Å². The molecule has 0 amide bonds. The first-order chi connectivity index (χ1) is 22.6. The number of hydrogen-bond acceptors (Lipinski definition) is 11. The molecule has 11 nitrogen and oxygen atoms in total. The number of nitrogens with one attached hydrogen (secondary N) is 2. The van der Waals surface area contributed by atoms with Gasteiger partial charge in [-0.2, -0.15) is 4.98 Å². The van der Waals surface area contributed by atoms with E-state index < -0.39 is 7.14 Å². The summed E-state index contributed by atoms with van der Waals surface area (Å²) in [5.41, 5.74) is 3.50. The monoisotopic (exact) mass is 725 g/mol. The summed E-state index contributed by atoms with van der Waals surface area (Å²) in [5.74, 6) is 0.590. The van der Waals surface area contributed by atoms with Gasteiger partial charge in [0.25, 0.3) is 0 Å². The summed E-state index contributed by atoms with van der Waals surface area (Å²) >= 11 is 3.53. The summed E-state index contributed by atoms with van der Waals surface area (Å²) in [6.07, 6.45) is 7.40. The van der Waals surface area contributed by atoms with Crippen molar-refractivity contribution in [2.24, 2.45) is 0 Å². The second-order valence-corrected chi connectivity index (χ2v) is 16.6. The van der Waals surface area contributed by atoms with Crippen LogP contribution in [0.3, 0.4) is 0 Å². The van der Waals surface area contributed by atoms with Crippen LogP contribution in [-0.4, -0.2) is 103 Å². The molecule has 14 heteroatoms. The van der Waals surface area contributed by atoms with Gasteiger partial charge in [0.1, 0.15) is 29.9 Å². The van der Waals surface area contributed by atoms with Crippen LogP contribution >= 0.6 is 23.1 Å². The molecule has 2 aliphatic rings. The van der Waals surface area contributed by atoms with Crippen molar-refractivity contribution in [2.45, 2.75) is 32.2 Å². The predicted octanol–water partition coefficient (Wildman–Crippen LogP) is 5.84. The van der Waals surface area contributed by atoms with Gasteiger partial charge in [0, 0.05) is 81.2 Å². The Morgan fingerprint density at radius 1 is 1.04 bits per heavy atom. The molecule has 0 atom stereocenters. The van der Waals surface area contributed by atoms with Gasteiger partial charge in [0.15, 0.2) is 5.82 Å². The maximum atomic E-state index is 16.4. The van der Waals surface area contributed by atoms with Crippen LogP contribution in [0.5, 0.6) is 5.75 Å². The van der Waals surface area contributed by atoms with E-state index in [9.17, 15) is 4.57 Å². The molecule has 2 aliphatic heterocycles. The lowest BCUT2D eigenvalue weighted by molar-refractivity contribution is 0.0982. The molecule has 6 rings (SSSR count). The molecule has 0 spiro atoms. The maximum Gasteiger partial charge on any atom is 0.229 e. The Bertz CT molecular complexity index is 1810. The molecule has 4 heterocycles. The quantitative estimate of drug-likeness (QED) is 0.203. The van der Waals surface area contributed by atoms with Crippen molar-refractivity contribution in [2.75, 3.05) is 82.3 Å². The molecule has 0 aliphatic carbocycles. The number of fused-ring (bicyclic) bond motifs is 1. The molecule has 2 aromatic heterocycles. The van der Waals surface area contributed by atoms with Crippen molar-refractivity contribution in [3.8, 4) is 5.75 Å². The highest BCUT2D eigenvalue weighted by molar-refractivity contribution is 9.10. The normalized spacial score (nSPS) is 16.9. The highest BCUT2D eigenvalue weighted by Gasteiger charge is 2.30. The van der Waals surface area contributed by atoms with Crippen LogP contribution in [-0.2, 0) is 11.0 Å². The molecule has 0 radical (unpaired) electrons. The van der Waals surface area contributed by atoms with Crippen LogP contribution in [0.1, 0.15) is 25.3 Å². The van der Waals surface area contributed by atoms with Crippen molar-refractivity contribution in [1.82, 2.24) is 29.7 Å². The number of halogens is 2. The second kappa shape index (κ2) is 14.0. The summed E-state index contributed by atoms with van der Waals surface area (Å²) in [6.45, 7) is 11.5. The number of benzene rings is 2. The predicted molar refractivity (Wildman–Crippen MR) is 192 cm³/mol. The summed E-state index contributed by atoms with van der Waals surface area (Å²) < 4.78 is 36.1.